The van der Waals surface area contributed by atoms with Crippen LogP contribution in [0.3, 0.4) is 0 Å². The molecule has 1 aromatic rings. The van der Waals surface area contributed by atoms with Crippen molar-refractivity contribution in [3.05, 3.63) is 30.1 Å². The maximum atomic E-state index is 12.3. The van der Waals surface area contributed by atoms with E-state index in [0.29, 0.717) is 25.0 Å². The zero-order chi connectivity index (χ0) is 16.1. The van der Waals surface area contributed by atoms with E-state index in [0.717, 1.165) is 18.7 Å². The molecule has 0 saturated heterocycles. The molecule has 1 N–H and O–H groups in total. The van der Waals surface area contributed by atoms with Crippen molar-refractivity contribution < 1.29 is 9.53 Å². The van der Waals surface area contributed by atoms with Gasteiger partial charge in [-0.1, -0.05) is 25.3 Å². The molecule has 23 heavy (non-hydrogen) atoms. The third-order valence-corrected chi connectivity index (χ3v) is 5.61. The van der Waals surface area contributed by atoms with Crippen LogP contribution in [-0.4, -0.2) is 29.6 Å². The van der Waals surface area contributed by atoms with Crippen LogP contribution in [0.15, 0.2) is 24.4 Å². The fraction of sp³-hybridized carbons (Fsp3) is 0.684. The molecule has 1 spiro atoms. The van der Waals surface area contributed by atoms with E-state index in [1.165, 1.54) is 32.1 Å². The molecule has 0 bridgehead atoms. The topological polar surface area (TPSA) is 51.2 Å². The lowest BCUT2D eigenvalue weighted by molar-refractivity contribution is -0.157. The second-order valence-electron chi connectivity index (χ2n) is 6.91. The average molecular weight is 316 g/mol. The number of carbonyl (C=O) groups is 1. The van der Waals surface area contributed by atoms with Crippen LogP contribution in [0.25, 0.3) is 0 Å². The normalized spacial score (nSPS) is 25.8. The summed E-state index contributed by atoms with van der Waals surface area (Å²) in [4.78, 5) is 16.6. The van der Waals surface area contributed by atoms with Crippen molar-refractivity contribution in [1.29, 1.82) is 0 Å². The average Bonchev–Trinajstić information content (AvgIpc) is 2.61. The molecule has 126 valence electrons. The SMILES string of the molecule is CCO[C@@H]1C[C@H](NC(=O)CCc2ccccn2)C12CCCCC2. The Balaban J connectivity index is 1.53. The monoisotopic (exact) mass is 316 g/mol. The summed E-state index contributed by atoms with van der Waals surface area (Å²) in [7, 11) is 0. The second kappa shape index (κ2) is 7.43. The van der Waals surface area contributed by atoms with Crippen molar-refractivity contribution in [2.75, 3.05) is 6.61 Å². The van der Waals surface area contributed by atoms with Crippen LogP contribution >= 0.6 is 0 Å². The summed E-state index contributed by atoms with van der Waals surface area (Å²) >= 11 is 0. The summed E-state index contributed by atoms with van der Waals surface area (Å²) in [6.07, 6.45) is 10.6. The molecule has 0 aliphatic heterocycles. The molecular formula is C19H28N2O2. The Labute approximate surface area is 139 Å². The predicted molar refractivity (Wildman–Crippen MR) is 90.0 cm³/mol. The molecule has 0 radical (unpaired) electrons. The summed E-state index contributed by atoms with van der Waals surface area (Å²) in [5.74, 6) is 0.153. The Hall–Kier alpha value is -1.42. The van der Waals surface area contributed by atoms with E-state index >= 15 is 0 Å². The van der Waals surface area contributed by atoms with Gasteiger partial charge in [0, 0.05) is 36.4 Å². The number of amides is 1. The molecule has 2 aliphatic carbocycles. The molecule has 2 atom stereocenters. The summed E-state index contributed by atoms with van der Waals surface area (Å²) in [6, 6.07) is 6.15. The predicted octanol–water partition coefficient (Wildman–Crippen LogP) is 3.26. The molecule has 1 aromatic heterocycles. The van der Waals surface area contributed by atoms with E-state index in [4.69, 9.17) is 4.74 Å². The quantitative estimate of drug-likeness (QED) is 0.876. The summed E-state index contributed by atoms with van der Waals surface area (Å²) in [5.41, 5.74) is 1.19. The summed E-state index contributed by atoms with van der Waals surface area (Å²) in [5, 5.41) is 3.29. The zero-order valence-corrected chi connectivity index (χ0v) is 14.1. The van der Waals surface area contributed by atoms with Gasteiger partial charge in [-0.25, -0.2) is 0 Å². The van der Waals surface area contributed by atoms with Gasteiger partial charge in [-0.15, -0.1) is 0 Å². The minimum Gasteiger partial charge on any atom is -0.378 e. The highest BCUT2D eigenvalue weighted by atomic mass is 16.5. The van der Waals surface area contributed by atoms with Gasteiger partial charge in [-0.05, 0) is 44.7 Å². The lowest BCUT2D eigenvalue weighted by atomic mass is 9.55. The first kappa shape index (κ1) is 16.4. The third-order valence-electron chi connectivity index (χ3n) is 5.61. The molecule has 1 amide bonds. The van der Waals surface area contributed by atoms with Gasteiger partial charge in [0.2, 0.25) is 5.91 Å². The number of nitrogens with zero attached hydrogens (tertiary/aromatic N) is 1. The van der Waals surface area contributed by atoms with Crippen LogP contribution in [0.5, 0.6) is 0 Å². The Kier molecular flexibility index (Phi) is 5.31. The van der Waals surface area contributed by atoms with Gasteiger partial charge in [-0.3, -0.25) is 9.78 Å². The molecule has 1 heterocycles. The van der Waals surface area contributed by atoms with Crippen LogP contribution in [0.2, 0.25) is 0 Å². The summed E-state index contributed by atoms with van der Waals surface area (Å²) < 4.78 is 5.95. The molecule has 3 rings (SSSR count). The van der Waals surface area contributed by atoms with Crippen molar-refractivity contribution in [1.82, 2.24) is 10.3 Å². The van der Waals surface area contributed by atoms with Crippen molar-refractivity contribution >= 4 is 5.91 Å². The first-order chi connectivity index (χ1) is 11.2. The van der Waals surface area contributed by atoms with Gasteiger partial charge >= 0.3 is 0 Å². The number of hydrogen-bond acceptors (Lipinski definition) is 3. The molecule has 2 saturated carbocycles. The lowest BCUT2D eigenvalue weighted by Crippen LogP contribution is -2.65. The van der Waals surface area contributed by atoms with E-state index in [1.807, 2.05) is 18.2 Å². The van der Waals surface area contributed by atoms with Gasteiger partial charge in [-0.2, -0.15) is 0 Å². The number of carbonyl (C=O) groups excluding carboxylic acids is 1. The molecule has 0 aromatic carbocycles. The van der Waals surface area contributed by atoms with Crippen LogP contribution in [-0.2, 0) is 16.0 Å². The Bertz CT molecular complexity index is 511. The molecule has 2 aliphatic rings. The number of pyridine rings is 1. The Morgan fingerprint density at radius 3 is 2.87 bits per heavy atom. The first-order valence-corrected chi connectivity index (χ1v) is 9.05. The van der Waals surface area contributed by atoms with Crippen LogP contribution < -0.4 is 5.32 Å². The number of aromatic nitrogens is 1. The highest BCUT2D eigenvalue weighted by molar-refractivity contribution is 5.76. The smallest absolute Gasteiger partial charge is 0.220 e. The number of ether oxygens (including phenoxy) is 1. The van der Waals surface area contributed by atoms with E-state index in [9.17, 15) is 4.79 Å². The number of hydrogen-bond donors (Lipinski definition) is 1. The van der Waals surface area contributed by atoms with Gasteiger partial charge < -0.3 is 10.1 Å². The highest BCUT2D eigenvalue weighted by Crippen LogP contribution is 2.53. The lowest BCUT2D eigenvalue weighted by Gasteiger charge is -2.57. The maximum absolute atomic E-state index is 12.3. The molecule has 2 fully saturated rings. The molecule has 4 heteroatoms. The largest absolute Gasteiger partial charge is 0.378 e. The minimum atomic E-state index is 0.153. The number of rotatable bonds is 6. The van der Waals surface area contributed by atoms with E-state index in [2.05, 4.69) is 17.2 Å². The maximum Gasteiger partial charge on any atom is 0.220 e. The van der Waals surface area contributed by atoms with Crippen LogP contribution in [0.1, 0.15) is 57.6 Å². The Morgan fingerprint density at radius 1 is 1.35 bits per heavy atom. The van der Waals surface area contributed by atoms with E-state index in [1.54, 1.807) is 6.20 Å². The molecule has 4 nitrogen and oxygen atoms in total. The standard InChI is InChI=1S/C19H28N2O2/c1-2-23-17-14-16(19(17)11-5-3-6-12-19)21-18(22)10-9-15-8-4-7-13-20-15/h4,7-8,13,16-17H,2-3,5-6,9-12,14H2,1H3,(H,21,22)/t16-,17+/m0/s1. The Morgan fingerprint density at radius 2 is 2.17 bits per heavy atom. The summed E-state index contributed by atoms with van der Waals surface area (Å²) in [6.45, 7) is 2.84. The van der Waals surface area contributed by atoms with E-state index < -0.39 is 0 Å². The number of nitrogens with one attached hydrogen (secondary N) is 1. The highest BCUT2D eigenvalue weighted by Gasteiger charge is 2.55. The zero-order valence-electron chi connectivity index (χ0n) is 14.1. The fourth-order valence-electron chi connectivity index (χ4n) is 4.32. The van der Waals surface area contributed by atoms with Gasteiger partial charge in [0.1, 0.15) is 0 Å². The van der Waals surface area contributed by atoms with Crippen LogP contribution in [0.4, 0.5) is 0 Å². The molecular weight excluding hydrogens is 288 g/mol. The minimum absolute atomic E-state index is 0.153. The van der Waals surface area contributed by atoms with E-state index in [-0.39, 0.29) is 11.3 Å². The van der Waals surface area contributed by atoms with Crippen molar-refractivity contribution in [3.63, 3.8) is 0 Å². The fourth-order valence-corrected chi connectivity index (χ4v) is 4.32. The van der Waals surface area contributed by atoms with Crippen molar-refractivity contribution in [2.45, 2.75) is 70.4 Å². The van der Waals surface area contributed by atoms with Gasteiger partial charge in [0.25, 0.3) is 0 Å². The van der Waals surface area contributed by atoms with Gasteiger partial charge in [0.05, 0.1) is 6.10 Å². The van der Waals surface area contributed by atoms with Crippen molar-refractivity contribution in [3.8, 4) is 0 Å². The third kappa shape index (κ3) is 3.57. The molecule has 0 unspecified atom stereocenters. The van der Waals surface area contributed by atoms with Crippen molar-refractivity contribution in [2.24, 2.45) is 5.41 Å². The number of aryl methyl sites for hydroxylation is 1. The first-order valence-electron chi connectivity index (χ1n) is 9.05. The van der Waals surface area contributed by atoms with Gasteiger partial charge in [0.15, 0.2) is 0 Å². The second-order valence-corrected chi connectivity index (χ2v) is 6.91. The van der Waals surface area contributed by atoms with Crippen LogP contribution in [0, 0.1) is 5.41 Å².